The second-order valence-electron chi connectivity index (χ2n) is 21.4. The minimum atomic E-state index is -0.0685. The number of aryl methyl sites for hydroxylation is 1. The van der Waals surface area contributed by atoms with Crippen molar-refractivity contribution < 1.29 is 0 Å². The molecule has 404 valence electrons. The van der Waals surface area contributed by atoms with E-state index in [2.05, 4.69) is 363 Å². The summed E-state index contributed by atoms with van der Waals surface area (Å²) >= 11 is 0. The van der Waals surface area contributed by atoms with Crippen LogP contribution in [0.1, 0.15) is 43.4 Å². The maximum absolute atomic E-state index is 2.35. The fourth-order valence-corrected chi connectivity index (χ4v) is 11.8. The molecule has 12 aromatic rings. The zero-order chi connectivity index (χ0) is 56.5. The average Bonchev–Trinajstić information content (AvgIpc) is 3.67. The van der Waals surface area contributed by atoms with Crippen LogP contribution in [0.25, 0.3) is 33.4 Å². The van der Waals surface area contributed by atoms with Gasteiger partial charge in [-0.05, 0) is 198 Å². The Balaban J connectivity index is 0.780. The van der Waals surface area contributed by atoms with Crippen LogP contribution in [-0.2, 0) is 5.41 Å². The molecule has 0 bridgehead atoms. The van der Waals surface area contributed by atoms with Crippen molar-refractivity contribution in [3.05, 3.63) is 332 Å². The minimum absolute atomic E-state index is 0.0685. The second kappa shape index (κ2) is 24.3. The normalized spacial score (nSPS) is 11.2. The standard InChI is InChI=1S/C79H68N4/c1-5-79(6-2,66-41-31-61(32-42-66)60-29-27-59(3)28-30-60)67-43-33-62(34-44-67)63-35-45-74(46-36-63)82(71-23-15-9-16-24-71)77-55-57-78(58-56-77)83(72-25-17-10-18-26-72)75-49-39-65(40-50-75)64-37-47-73(48-38-64)81(70-21-13-8-14-22-70)76-53-51-69(52-54-76)80(4)68-19-11-7-12-20-68/h7-58H,5-6H2,1-4H3. The molecular weight excluding hydrogens is 1000 g/mol. The van der Waals surface area contributed by atoms with Crippen LogP contribution in [0.2, 0.25) is 0 Å². The summed E-state index contributed by atoms with van der Waals surface area (Å²) in [6, 6.07) is 114. The summed E-state index contributed by atoms with van der Waals surface area (Å²) in [6.07, 6.45) is 2.04. The summed E-state index contributed by atoms with van der Waals surface area (Å²) < 4.78 is 0. The molecule has 0 fully saturated rings. The molecule has 0 heterocycles. The van der Waals surface area contributed by atoms with Gasteiger partial charge in [-0.15, -0.1) is 0 Å². The number of rotatable bonds is 18. The summed E-state index contributed by atoms with van der Waals surface area (Å²) in [5.41, 5.74) is 23.2. The van der Waals surface area contributed by atoms with E-state index < -0.39 is 0 Å². The maximum atomic E-state index is 2.35. The summed E-state index contributed by atoms with van der Waals surface area (Å²) in [5.74, 6) is 0. The number of anilines is 11. The van der Waals surface area contributed by atoms with Gasteiger partial charge in [0.05, 0.1) is 0 Å². The zero-order valence-corrected chi connectivity index (χ0v) is 47.7. The predicted octanol–water partition coefficient (Wildman–Crippen LogP) is 22.3. The summed E-state index contributed by atoms with van der Waals surface area (Å²) in [6.45, 7) is 6.78. The first-order valence-corrected chi connectivity index (χ1v) is 29.0. The van der Waals surface area contributed by atoms with E-state index in [1.807, 2.05) is 0 Å². The fraction of sp³-hybridized carbons (Fsp3) is 0.0886. The van der Waals surface area contributed by atoms with E-state index in [1.165, 1.54) is 38.9 Å². The molecule has 0 atom stereocenters. The van der Waals surface area contributed by atoms with Crippen LogP contribution in [0, 0.1) is 6.92 Å². The Kier molecular flexibility index (Phi) is 15.6. The van der Waals surface area contributed by atoms with Crippen LogP contribution >= 0.6 is 0 Å². The summed E-state index contributed by atoms with van der Waals surface area (Å²) in [5, 5.41) is 0. The summed E-state index contributed by atoms with van der Waals surface area (Å²) in [7, 11) is 2.11. The highest BCUT2D eigenvalue weighted by Crippen LogP contribution is 2.44. The lowest BCUT2D eigenvalue weighted by Gasteiger charge is -2.33. The van der Waals surface area contributed by atoms with Crippen molar-refractivity contribution in [2.24, 2.45) is 0 Å². The van der Waals surface area contributed by atoms with E-state index in [-0.39, 0.29) is 5.41 Å². The van der Waals surface area contributed by atoms with Crippen molar-refractivity contribution in [2.75, 3.05) is 26.6 Å². The van der Waals surface area contributed by atoms with Crippen molar-refractivity contribution in [1.29, 1.82) is 0 Å². The molecule has 0 saturated carbocycles. The maximum Gasteiger partial charge on any atom is 0.0463 e. The molecule has 0 aliphatic heterocycles. The van der Waals surface area contributed by atoms with E-state index >= 15 is 0 Å². The number of hydrogen-bond donors (Lipinski definition) is 0. The van der Waals surface area contributed by atoms with Crippen molar-refractivity contribution >= 4 is 62.6 Å². The van der Waals surface area contributed by atoms with Gasteiger partial charge in [-0.25, -0.2) is 0 Å². The Labute approximate surface area is 491 Å². The highest BCUT2D eigenvalue weighted by Gasteiger charge is 2.31. The van der Waals surface area contributed by atoms with Gasteiger partial charge < -0.3 is 19.6 Å². The van der Waals surface area contributed by atoms with Crippen LogP contribution < -0.4 is 19.6 Å². The monoisotopic (exact) mass is 1070 g/mol. The minimum Gasteiger partial charge on any atom is -0.345 e. The van der Waals surface area contributed by atoms with Crippen LogP contribution in [0.3, 0.4) is 0 Å². The molecule has 0 aliphatic rings. The molecule has 0 unspecified atom stereocenters. The molecule has 0 saturated heterocycles. The topological polar surface area (TPSA) is 13.0 Å². The molecule has 0 aromatic heterocycles. The van der Waals surface area contributed by atoms with E-state index in [0.717, 1.165) is 86.5 Å². The Hall–Kier alpha value is -10.2. The van der Waals surface area contributed by atoms with Gasteiger partial charge >= 0.3 is 0 Å². The summed E-state index contributed by atoms with van der Waals surface area (Å²) in [4.78, 5) is 9.19. The second-order valence-corrected chi connectivity index (χ2v) is 21.4. The van der Waals surface area contributed by atoms with Gasteiger partial charge in [-0.2, -0.15) is 0 Å². The molecule has 0 radical (unpaired) electrons. The van der Waals surface area contributed by atoms with Crippen LogP contribution in [0.5, 0.6) is 0 Å². The first-order chi connectivity index (χ1) is 40.8. The quantitative estimate of drug-likeness (QED) is 0.0849. The first kappa shape index (κ1) is 53.5. The molecule has 83 heavy (non-hydrogen) atoms. The largest absolute Gasteiger partial charge is 0.345 e. The van der Waals surface area contributed by atoms with E-state index in [1.54, 1.807) is 0 Å². The fourth-order valence-electron chi connectivity index (χ4n) is 11.8. The van der Waals surface area contributed by atoms with Gasteiger partial charge in [0.1, 0.15) is 0 Å². The van der Waals surface area contributed by atoms with Gasteiger partial charge in [0.2, 0.25) is 0 Å². The molecular formula is C79H68N4. The molecule has 0 spiro atoms. The van der Waals surface area contributed by atoms with E-state index in [4.69, 9.17) is 0 Å². The van der Waals surface area contributed by atoms with Crippen molar-refractivity contribution in [3.63, 3.8) is 0 Å². The van der Waals surface area contributed by atoms with Gasteiger partial charge in [0.25, 0.3) is 0 Å². The Morgan fingerprint density at radius 2 is 0.422 bits per heavy atom. The van der Waals surface area contributed by atoms with Gasteiger partial charge in [0, 0.05) is 75.0 Å². The lowest BCUT2D eigenvalue weighted by Crippen LogP contribution is -2.26. The molecule has 4 heteroatoms. The van der Waals surface area contributed by atoms with Crippen molar-refractivity contribution in [1.82, 2.24) is 0 Å². The number of nitrogens with zero attached hydrogens (tertiary/aromatic N) is 4. The van der Waals surface area contributed by atoms with Crippen molar-refractivity contribution in [2.45, 2.75) is 39.0 Å². The zero-order valence-electron chi connectivity index (χ0n) is 47.7. The highest BCUT2D eigenvalue weighted by atomic mass is 15.2. The Bertz CT molecular complexity index is 3980. The van der Waals surface area contributed by atoms with Gasteiger partial charge in [0.15, 0.2) is 0 Å². The Morgan fingerprint density at radius 1 is 0.229 bits per heavy atom. The van der Waals surface area contributed by atoms with Crippen LogP contribution in [0.15, 0.2) is 315 Å². The molecule has 12 aromatic carbocycles. The van der Waals surface area contributed by atoms with Gasteiger partial charge in [-0.1, -0.05) is 201 Å². The van der Waals surface area contributed by atoms with Crippen LogP contribution in [0.4, 0.5) is 62.6 Å². The highest BCUT2D eigenvalue weighted by molar-refractivity contribution is 5.84. The van der Waals surface area contributed by atoms with E-state index in [0.29, 0.717) is 0 Å². The smallest absolute Gasteiger partial charge is 0.0463 e. The predicted molar refractivity (Wildman–Crippen MR) is 354 cm³/mol. The van der Waals surface area contributed by atoms with E-state index in [9.17, 15) is 0 Å². The molecule has 0 N–H and O–H groups in total. The molecule has 12 rings (SSSR count). The molecule has 0 aliphatic carbocycles. The first-order valence-electron chi connectivity index (χ1n) is 29.0. The lowest BCUT2D eigenvalue weighted by atomic mass is 9.70. The third kappa shape index (κ3) is 11.3. The lowest BCUT2D eigenvalue weighted by molar-refractivity contribution is 0.478. The average molecular weight is 1070 g/mol. The van der Waals surface area contributed by atoms with Crippen molar-refractivity contribution in [3.8, 4) is 33.4 Å². The number of benzene rings is 12. The number of hydrogen-bond acceptors (Lipinski definition) is 4. The Morgan fingerprint density at radius 3 is 0.687 bits per heavy atom. The third-order valence-corrected chi connectivity index (χ3v) is 16.6. The molecule has 0 amide bonds. The van der Waals surface area contributed by atoms with Crippen LogP contribution in [-0.4, -0.2) is 7.05 Å². The number of para-hydroxylation sites is 4. The van der Waals surface area contributed by atoms with Gasteiger partial charge in [-0.3, -0.25) is 0 Å². The SMILES string of the molecule is CCC(CC)(c1ccc(-c2ccc(C)cc2)cc1)c1ccc(-c2ccc(N(c3ccccc3)c3ccc(N(c4ccccc4)c4ccc(-c5ccc(N(c6ccccc6)c6ccc(N(C)c7ccccc7)cc6)cc5)cc4)cc3)cc2)cc1. The third-order valence-electron chi connectivity index (χ3n) is 16.6. The molecule has 4 nitrogen and oxygen atoms in total.